The summed E-state index contributed by atoms with van der Waals surface area (Å²) in [4.78, 5) is 20.0. The van der Waals surface area contributed by atoms with Crippen LogP contribution in [-0.4, -0.2) is 56.7 Å². The van der Waals surface area contributed by atoms with Gasteiger partial charge in [-0.15, -0.1) is 11.3 Å². The molecule has 1 aromatic heterocycles. The fourth-order valence-corrected chi connectivity index (χ4v) is 4.06. The van der Waals surface area contributed by atoms with Gasteiger partial charge in [-0.1, -0.05) is 12.1 Å². The van der Waals surface area contributed by atoms with Crippen LogP contribution in [0.2, 0.25) is 0 Å². The number of nitrogens with zero attached hydrogens (tertiary/aromatic N) is 2. The Labute approximate surface area is 175 Å². The molecule has 2 heterocycles. The minimum absolute atomic E-state index is 0.0723. The maximum atomic E-state index is 12.5. The van der Waals surface area contributed by atoms with E-state index in [1.165, 1.54) is 10.4 Å². The van der Waals surface area contributed by atoms with Crippen molar-refractivity contribution in [1.82, 2.24) is 15.5 Å². The Morgan fingerprint density at radius 3 is 2.83 bits per heavy atom. The minimum atomic E-state index is -0.111. The van der Waals surface area contributed by atoms with Gasteiger partial charge in [0.15, 0.2) is 17.5 Å². The summed E-state index contributed by atoms with van der Waals surface area (Å²) in [5.74, 6) is 2.04. The fourth-order valence-electron chi connectivity index (χ4n) is 3.17. The van der Waals surface area contributed by atoms with Crippen molar-refractivity contribution in [3.05, 3.63) is 46.2 Å². The van der Waals surface area contributed by atoms with Gasteiger partial charge in [-0.05, 0) is 42.5 Å². The first-order chi connectivity index (χ1) is 14.1. The van der Waals surface area contributed by atoms with Gasteiger partial charge in [-0.2, -0.15) is 0 Å². The Kier molecular flexibility index (Phi) is 7.35. The number of amides is 1. The Hall–Kier alpha value is -2.74. The van der Waals surface area contributed by atoms with Crippen molar-refractivity contribution in [2.24, 2.45) is 4.99 Å². The van der Waals surface area contributed by atoms with Gasteiger partial charge in [-0.3, -0.25) is 9.79 Å². The topological polar surface area (TPSA) is 75.2 Å². The number of nitrogens with one attached hydrogen (secondary N) is 2. The number of ether oxygens (including phenoxy) is 2. The SMILES string of the molecule is CN=C(NCC(=O)N1CCc2sccc2C1)NCC(C)Oc1ccccc1OC. The van der Waals surface area contributed by atoms with E-state index in [-0.39, 0.29) is 18.6 Å². The molecule has 2 aromatic rings. The predicted molar refractivity (Wildman–Crippen MR) is 116 cm³/mol. The standard InChI is InChI=1S/C21H28N4O3S/c1-15(28-18-7-5-4-6-17(18)27-3)12-23-21(22-2)24-13-20(26)25-10-8-19-16(14-25)9-11-29-19/h4-7,9,11,15H,8,10,12-14H2,1-3H3,(H2,22,23,24). The average molecular weight is 417 g/mol. The zero-order chi connectivity index (χ0) is 20.6. The zero-order valence-corrected chi connectivity index (χ0v) is 17.9. The second-order valence-electron chi connectivity index (χ2n) is 6.82. The van der Waals surface area contributed by atoms with Crippen LogP contribution in [0.3, 0.4) is 0 Å². The monoisotopic (exact) mass is 416 g/mol. The molecule has 0 bridgehead atoms. The van der Waals surface area contributed by atoms with Crippen LogP contribution in [0.5, 0.6) is 11.5 Å². The largest absolute Gasteiger partial charge is 0.493 e. The number of methoxy groups -OCH3 is 1. The van der Waals surface area contributed by atoms with Gasteiger partial charge in [-0.25, -0.2) is 0 Å². The van der Waals surface area contributed by atoms with E-state index in [1.807, 2.05) is 36.1 Å². The van der Waals surface area contributed by atoms with Crippen molar-refractivity contribution in [3.8, 4) is 11.5 Å². The number of rotatable bonds is 7. The van der Waals surface area contributed by atoms with Gasteiger partial charge >= 0.3 is 0 Å². The van der Waals surface area contributed by atoms with E-state index >= 15 is 0 Å². The van der Waals surface area contributed by atoms with E-state index in [2.05, 4.69) is 27.1 Å². The van der Waals surface area contributed by atoms with E-state index in [1.54, 1.807) is 25.5 Å². The van der Waals surface area contributed by atoms with Gasteiger partial charge in [0.25, 0.3) is 0 Å². The molecule has 29 heavy (non-hydrogen) atoms. The molecule has 2 N–H and O–H groups in total. The molecule has 0 aliphatic carbocycles. The van der Waals surface area contributed by atoms with Crippen LogP contribution in [0.4, 0.5) is 0 Å². The Bertz CT molecular complexity index is 852. The van der Waals surface area contributed by atoms with Crippen LogP contribution < -0.4 is 20.1 Å². The van der Waals surface area contributed by atoms with Crippen LogP contribution in [0.15, 0.2) is 40.7 Å². The first kappa shape index (κ1) is 21.0. The smallest absolute Gasteiger partial charge is 0.242 e. The first-order valence-electron chi connectivity index (χ1n) is 9.68. The Balaban J connectivity index is 1.43. The number of thiophene rings is 1. The third-order valence-corrected chi connectivity index (χ3v) is 5.77. The van der Waals surface area contributed by atoms with E-state index < -0.39 is 0 Å². The fraction of sp³-hybridized carbons (Fsp3) is 0.429. The summed E-state index contributed by atoms with van der Waals surface area (Å²) in [6.07, 6.45) is 0.823. The highest BCUT2D eigenvalue weighted by atomic mass is 32.1. The summed E-state index contributed by atoms with van der Waals surface area (Å²) in [6.45, 7) is 4.16. The van der Waals surface area contributed by atoms with Crippen LogP contribution in [-0.2, 0) is 17.8 Å². The number of guanidine groups is 1. The number of fused-ring (bicyclic) bond motifs is 1. The number of para-hydroxylation sites is 2. The summed E-state index contributed by atoms with van der Waals surface area (Å²) in [5.41, 5.74) is 1.26. The quantitative estimate of drug-likeness (QED) is 0.535. The molecule has 1 aliphatic heterocycles. The highest BCUT2D eigenvalue weighted by Crippen LogP contribution is 2.26. The van der Waals surface area contributed by atoms with Gasteiger partial charge in [0.2, 0.25) is 5.91 Å². The van der Waals surface area contributed by atoms with E-state index in [4.69, 9.17) is 9.47 Å². The van der Waals surface area contributed by atoms with Gasteiger partial charge in [0, 0.05) is 25.0 Å². The molecule has 7 nitrogen and oxygen atoms in total. The van der Waals surface area contributed by atoms with Crippen LogP contribution >= 0.6 is 11.3 Å². The number of hydrogen-bond donors (Lipinski definition) is 2. The molecule has 1 amide bonds. The summed E-state index contributed by atoms with van der Waals surface area (Å²) >= 11 is 1.77. The second kappa shape index (κ2) is 10.2. The third-order valence-electron chi connectivity index (χ3n) is 4.75. The highest BCUT2D eigenvalue weighted by Gasteiger charge is 2.21. The number of carbonyl (C=O) groups excluding carboxylic acids is 1. The minimum Gasteiger partial charge on any atom is -0.493 e. The summed E-state index contributed by atoms with van der Waals surface area (Å²) in [5, 5.41) is 8.39. The average Bonchev–Trinajstić information content (AvgIpc) is 3.22. The maximum absolute atomic E-state index is 12.5. The molecule has 0 fully saturated rings. The van der Waals surface area contributed by atoms with Crippen LogP contribution in [0.1, 0.15) is 17.4 Å². The van der Waals surface area contributed by atoms with Crippen molar-refractivity contribution in [2.75, 3.05) is 33.8 Å². The summed E-state index contributed by atoms with van der Waals surface area (Å²) < 4.78 is 11.2. The lowest BCUT2D eigenvalue weighted by molar-refractivity contribution is -0.130. The van der Waals surface area contributed by atoms with E-state index in [9.17, 15) is 4.79 Å². The lowest BCUT2D eigenvalue weighted by Gasteiger charge is -2.27. The number of hydrogen-bond acceptors (Lipinski definition) is 5. The van der Waals surface area contributed by atoms with Crippen molar-refractivity contribution < 1.29 is 14.3 Å². The van der Waals surface area contributed by atoms with Gasteiger partial charge < -0.3 is 25.0 Å². The third kappa shape index (κ3) is 5.63. The zero-order valence-electron chi connectivity index (χ0n) is 17.1. The number of benzene rings is 1. The molecular formula is C21H28N4O3S. The molecule has 1 aliphatic rings. The molecule has 1 aromatic carbocycles. The van der Waals surface area contributed by atoms with Crippen LogP contribution in [0, 0.1) is 0 Å². The normalized spacial score (nSPS) is 14.7. The van der Waals surface area contributed by atoms with Crippen LogP contribution in [0.25, 0.3) is 0 Å². The Morgan fingerprint density at radius 1 is 1.28 bits per heavy atom. The molecule has 1 unspecified atom stereocenters. The maximum Gasteiger partial charge on any atom is 0.242 e. The van der Waals surface area contributed by atoms with E-state index in [0.717, 1.165) is 13.0 Å². The highest BCUT2D eigenvalue weighted by molar-refractivity contribution is 7.10. The lowest BCUT2D eigenvalue weighted by atomic mass is 10.1. The number of carbonyl (C=O) groups is 1. The van der Waals surface area contributed by atoms with Crippen molar-refractivity contribution >= 4 is 23.2 Å². The second-order valence-corrected chi connectivity index (χ2v) is 7.82. The molecular weight excluding hydrogens is 388 g/mol. The molecule has 3 rings (SSSR count). The van der Waals surface area contributed by atoms with Crippen molar-refractivity contribution in [2.45, 2.75) is 26.0 Å². The molecule has 0 saturated carbocycles. The Morgan fingerprint density at radius 2 is 2.07 bits per heavy atom. The van der Waals surface area contributed by atoms with E-state index in [0.29, 0.717) is 30.5 Å². The molecule has 0 spiro atoms. The lowest BCUT2D eigenvalue weighted by Crippen LogP contribution is -2.47. The van der Waals surface area contributed by atoms with Gasteiger partial charge in [0.1, 0.15) is 6.10 Å². The predicted octanol–water partition coefficient (Wildman–Crippen LogP) is 2.27. The number of aliphatic imine (C=N–C) groups is 1. The van der Waals surface area contributed by atoms with Crippen molar-refractivity contribution in [3.63, 3.8) is 0 Å². The molecule has 1 atom stereocenters. The summed E-state index contributed by atoms with van der Waals surface area (Å²) in [6, 6.07) is 9.65. The first-order valence-corrected chi connectivity index (χ1v) is 10.6. The molecule has 8 heteroatoms. The molecule has 0 radical (unpaired) electrons. The molecule has 0 saturated heterocycles. The van der Waals surface area contributed by atoms with Gasteiger partial charge in [0.05, 0.1) is 20.2 Å². The molecule has 156 valence electrons. The summed E-state index contributed by atoms with van der Waals surface area (Å²) in [7, 11) is 3.31. The van der Waals surface area contributed by atoms with Crippen molar-refractivity contribution in [1.29, 1.82) is 0 Å².